The predicted molar refractivity (Wildman–Crippen MR) is 58.7 cm³/mol. The molecule has 17 heavy (non-hydrogen) atoms. The number of hydrogen-bond acceptors (Lipinski definition) is 5. The summed E-state index contributed by atoms with van der Waals surface area (Å²) in [6.45, 7) is 1.48. The Morgan fingerprint density at radius 2 is 1.94 bits per heavy atom. The summed E-state index contributed by atoms with van der Waals surface area (Å²) in [7, 11) is 0. The zero-order chi connectivity index (χ0) is 11.7. The predicted octanol–water partition coefficient (Wildman–Crippen LogP) is 1.80. The van der Waals surface area contributed by atoms with E-state index in [2.05, 4.69) is 10.1 Å². The fraction of sp³-hybridized carbons (Fsp3) is 0.750. The Bertz CT molecular complexity index is 400. The Balaban J connectivity index is 1.69. The first-order valence-corrected chi connectivity index (χ1v) is 6.26. The van der Waals surface area contributed by atoms with Crippen molar-refractivity contribution in [2.45, 2.75) is 43.9 Å². The number of aromatic nitrogens is 2. The minimum Gasteiger partial charge on any atom is -0.381 e. The monoisotopic (exact) mass is 236 g/mol. The SMILES string of the molecule is O=C1CCC(c2nc(C3CCOC3)no2)CC1. The lowest BCUT2D eigenvalue weighted by molar-refractivity contribution is -0.120. The number of hydrogen-bond donors (Lipinski definition) is 0. The van der Waals surface area contributed by atoms with Gasteiger partial charge in [-0.25, -0.2) is 0 Å². The molecule has 0 radical (unpaired) electrons. The van der Waals surface area contributed by atoms with Crippen molar-refractivity contribution in [3.63, 3.8) is 0 Å². The van der Waals surface area contributed by atoms with Gasteiger partial charge in [-0.1, -0.05) is 5.16 Å². The van der Waals surface area contributed by atoms with Gasteiger partial charge < -0.3 is 9.26 Å². The zero-order valence-corrected chi connectivity index (χ0v) is 9.72. The highest BCUT2D eigenvalue weighted by Crippen LogP contribution is 2.31. The van der Waals surface area contributed by atoms with Gasteiger partial charge in [-0.05, 0) is 19.3 Å². The maximum Gasteiger partial charge on any atom is 0.229 e. The lowest BCUT2D eigenvalue weighted by Crippen LogP contribution is -2.12. The standard InChI is InChI=1S/C12H16N2O3/c15-10-3-1-8(2-4-10)12-13-11(14-17-12)9-5-6-16-7-9/h8-9H,1-7H2. The second kappa shape index (κ2) is 4.56. The molecule has 1 saturated heterocycles. The summed E-state index contributed by atoms with van der Waals surface area (Å²) in [6.07, 6.45) is 3.97. The van der Waals surface area contributed by atoms with Crippen LogP contribution in [0, 0.1) is 0 Å². The maximum atomic E-state index is 11.2. The van der Waals surface area contributed by atoms with Crippen LogP contribution in [-0.4, -0.2) is 29.1 Å². The summed E-state index contributed by atoms with van der Waals surface area (Å²) in [4.78, 5) is 15.6. The second-order valence-corrected chi connectivity index (χ2v) is 4.86. The van der Waals surface area contributed by atoms with E-state index in [1.165, 1.54) is 0 Å². The van der Waals surface area contributed by atoms with E-state index >= 15 is 0 Å². The number of carbonyl (C=O) groups excluding carboxylic acids is 1. The Kier molecular flexibility index (Phi) is 2.93. The van der Waals surface area contributed by atoms with Crippen LogP contribution in [0.1, 0.15) is 55.7 Å². The van der Waals surface area contributed by atoms with Crippen LogP contribution < -0.4 is 0 Å². The third kappa shape index (κ3) is 2.24. The molecule has 1 aromatic rings. The summed E-state index contributed by atoms with van der Waals surface area (Å²) in [5.41, 5.74) is 0. The number of ketones is 1. The van der Waals surface area contributed by atoms with Gasteiger partial charge in [0.05, 0.1) is 6.61 Å². The fourth-order valence-corrected chi connectivity index (χ4v) is 2.50. The van der Waals surface area contributed by atoms with Gasteiger partial charge in [0.25, 0.3) is 0 Å². The van der Waals surface area contributed by atoms with E-state index in [9.17, 15) is 4.79 Å². The van der Waals surface area contributed by atoms with E-state index in [4.69, 9.17) is 9.26 Å². The highest BCUT2D eigenvalue weighted by molar-refractivity contribution is 5.79. The molecule has 3 rings (SSSR count). The molecule has 1 unspecified atom stereocenters. The van der Waals surface area contributed by atoms with Gasteiger partial charge in [-0.2, -0.15) is 4.98 Å². The molecule has 0 aromatic carbocycles. The Morgan fingerprint density at radius 3 is 2.65 bits per heavy atom. The largest absolute Gasteiger partial charge is 0.381 e. The minimum atomic E-state index is 0.274. The van der Waals surface area contributed by atoms with Gasteiger partial charge in [0, 0.05) is 31.3 Å². The molecule has 0 amide bonds. The minimum absolute atomic E-state index is 0.274. The van der Waals surface area contributed by atoms with Crippen molar-refractivity contribution in [1.29, 1.82) is 0 Å². The lowest BCUT2D eigenvalue weighted by Gasteiger charge is -2.16. The van der Waals surface area contributed by atoms with Crippen molar-refractivity contribution < 1.29 is 14.1 Å². The molecule has 0 bridgehead atoms. The second-order valence-electron chi connectivity index (χ2n) is 4.86. The van der Waals surface area contributed by atoms with Crippen LogP contribution in [0.15, 0.2) is 4.52 Å². The number of Topliss-reactive ketones (excluding diaryl/α,β-unsaturated/α-hetero) is 1. The summed E-state index contributed by atoms with van der Waals surface area (Å²) >= 11 is 0. The molecule has 2 fully saturated rings. The highest BCUT2D eigenvalue weighted by atomic mass is 16.5. The maximum absolute atomic E-state index is 11.2. The topological polar surface area (TPSA) is 65.2 Å². The molecule has 1 aromatic heterocycles. The van der Waals surface area contributed by atoms with Crippen molar-refractivity contribution in [2.24, 2.45) is 0 Å². The van der Waals surface area contributed by atoms with E-state index in [0.29, 0.717) is 31.1 Å². The Morgan fingerprint density at radius 1 is 1.12 bits per heavy atom. The highest BCUT2D eigenvalue weighted by Gasteiger charge is 2.28. The van der Waals surface area contributed by atoms with Crippen molar-refractivity contribution >= 4 is 5.78 Å². The van der Waals surface area contributed by atoms with Crippen molar-refractivity contribution in [3.8, 4) is 0 Å². The molecular weight excluding hydrogens is 220 g/mol. The molecule has 5 nitrogen and oxygen atoms in total. The summed E-state index contributed by atoms with van der Waals surface area (Å²) in [6, 6.07) is 0. The first kappa shape index (κ1) is 10.9. The number of carbonyl (C=O) groups is 1. The Hall–Kier alpha value is -1.23. The van der Waals surface area contributed by atoms with Gasteiger partial charge in [-0.15, -0.1) is 0 Å². The van der Waals surface area contributed by atoms with Crippen LogP contribution in [0.2, 0.25) is 0 Å². The van der Waals surface area contributed by atoms with Crippen molar-refractivity contribution in [1.82, 2.24) is 10.1 Å². The molecule has 1 saturated carbocycles. The number of ether oxygens (including phenoxy) is 1. The lowest BCUT2D eigenvalue weighted by atomic mass is 9.88. The number of rotatable bonds is 2. The summed E-state index contributed by atoms with van der Waals surface area (Å²) in [5.74, 6) is 2.40. The van der Waals surface area contributed by atoms with Crippen LogP contribution in [0.4, 0.5) is 0 Å². The van der Waals surface area contributed by atoms with E-state index in [0.717, 1.165) is 31.7 Å². The normalized spacial score (nSPS) is 26.6. The van der Waals surface area contributed by atoms with E-state index < -0.39 is 0 Å². The van der Waals surface area contributed by atoms with Gasteiger partial charge in [0.15, 0.2) is 5.82 Å². The summed E-state index contributed by atoms with van der Waals surface area (Å²) in [5, 5.41) is 4.04. The first-order valence-electron chi connectivity index (χ1n) is 6.26. The number of nitrogens with zero attached hydrogens (tertiary/aromatic N) is 2. The van der Waals surface area contributed by atoms with Gasteiger partial charge >= 0.3 is 0 Å². The molecular formula is C12H16N2O3. The van der Waals surface area contributed by atoms with Crippen molar-refractivity contribution in [3.05, 3.63) is 11.7 Å². The first-order chi connectivity index (χ1) is 8.33. The molecule has 1 aliphatic carbocycles. The Labute approximate surface area is 99.5 Å². The average Bonchev–Trinajstić information content (AvgIpc) is 3.00. The molecule has 1 aliphatic heterocycles. The van der Waals surface area contributed by atoms with Crippen molar-refractivity contribution in [2.75, 3.05) is 13.2 Å². The molecule has 0 N–H and O–H groups in total. The zero-order valence-electron chi connectivity index (χ0n) is 9.72. The molecule has 92 valence electrons. The van der Waals surface area contributed by atoms with Crippen LogP contribution >= 0.6 is 0 Å². The van der Waals surface area contributed by atoms with Gasteiger partial charge in [0.1, 0.15) is 5.78 Å². The third-order valence-electron chi connectivity index (χ3n) is 3.64. The van der Waals surface area contributed by atoms with Gasteiger partial charge in [-0.3, -0.25) is 4.79 Å². The van der Waals surface area contributed by atoms with E-state index in [1.54, 1.807) is 0 Å². The molecule has 1 atom stereocenters. The fourth-order valence-electron chi connectivity index (χ4n) is 2.50. The molecule has 5 heteroatoms. The van der Waals surface area contributed by atoms with Crippen LogP contribution in [0.5, 0.6) is 0 Å². The van der Waals surface area contributed by atoms with E-state index in [1.807, 2.05) is 0 Å². The quantitative estimate of drug-likeness (QED) is 0.783. The average molecular weight is 236 g/mol. The molecule has 2 heterocycles. The van der Waals surface area contributed by atoms with Crippen LogP contribution in [-0.2, 0) is 9.53 Å². The van der Waals surface area contributed by atoms with Gasteiger partial charge in [0.2, 0.25) is 5.89 Å². The smallest absolute Gasteiger partial charge is 0.229 e. The van der Waals surface area contributed by atoms with E-state index in [-0.39, 0.29) is 11.8 Å². The van der Waals surface area contributed by atoms with Crippen LogP contribution in [0.25, 0.3) is 0 Å². The molecule has 2 aliphatic rings. The molecule has 0 spiro atoms. The van der Waals surface area contributed by atoms with Crippen LogP contribution in [0.3, 0.4) is 0 Å². The third-order valence-corrected chi connectivity index (χ3v) is 3.64. The summed E-state index contributed by atoms with van der Waals surface area (Å²) < 4.78 is 10.6.